The molecule has 1 fully saturated rings. The lowest BCUT2D eigenvalue weighted by Crippen LogP contribution is -2.35. The van der Waals surface area contributed by atoms with Crippen molar-refractivity contribution in [2.45, 2.75) is 19.4 Å². The Bertz CT molecular complexity index is 266. The molecular formula is C8H19N3O2S. The molecule has 0 aromatic carbocycles. The molecule has 1 rings (SSSR count). The number of likely N-dealkylation sites (tertiary alicyclic amines) is 1. The van der Waals surface area contributed by atoms with Crippen molar-refractivity contribution in [3.05, 3.63) is 0 Å². The summed E-state index contributed by atoms with van der Waals surface area (Å²) >= 11 is 0. The van der Waals surface area contributed by atoms with Gasteiger partial charge in [-0.15, -0.1) is 0 Å². The molecule has 1 aliphatic heterocycles. The average molecular weight is 221 g/mol. The predicted molar refractivity (Wildman–Crippen MR) is 56.5 cm³/mol. The van der Waals surface area contributed by atoms with E-state index in [1.165, 1.54) is 0 Å². The second-order valence-electron chi connectivity index (χ2n) is 3.65. The Kier molecular flexibility index (Phi) is 4.31. The van der Waals surface area contributed by atoms with Crippen LogP contribution < -0.4 is 10.5 Å². The first kappa shape index (κ1) is 11.9. The minimum absolute atomic E-state index is 0.145. The lowest BCUT2D eigenvalue weighted by Gasteiger charge is -2.14. The van der Waals surface area contributed by atoms with Crippen molar-refractivity contribution in [3.8, 4) is 0 Å². The maximum atomic E-state index is 11.1. The molecule has 0 radical (unpaired) electrons. The Morgan fingerprint density at radius 3 is 2.79 bits per heavy atom. The zero-order valence-corrected chi connectivity index (χ0v) is 9.39. The molecule has 0 saturated carbocycles. The summed E-state index contributed by atoms with van der Waals surface area (Å²) in [6.07, 6.45) is 1.01. The fourth-order valence-corrected chi connectivity index (χ4v) is 2.13. The molecule has 0 bridgehead atoms. The molecular weight excluding hydrogens is 202 g/mol. The van der Waals surface area contributed by atoms with Gasteiger partial charge < -0.3 is 10.6 Å². The number of sulfonamides is 1. The van der Waals surface area contributed by atoms with Gasteiger partial charge in [0.1, 0.15) is 0 Å². The molecule has 6 heteroatoms. The average Bonchev–Trinajstić information content (AvgIpc) is 2.51. The van der Waals surface area contributed by atoms with Gasteiger partial charge in [-0.3, -0.25) is 0 Å². The maximum absolute atomic E-state index is 11.1. The van der Waals surface area contributed by atoms with Crippen molar-refractivity contribution in [3.63, 3.8) is 0 Å². The standard InChI is InChI=1S/C8H19N3O2S/c1-2-14(12,13)10-4-6-11-5-3-8(9)7-11/h8,10H,2-7,9H2,1H3/t8-/m0/s1. The van der Waals surface area contributed by atoms with Gasteiger partial charge in [0.25, 0.3) is 0 Å². The third kappa shape index (κ3) is 3.91. The van der Waals surface area contributed by atoms with Gasteiger partial charge in [-0.2, -0.15) is 0 Å². The molecule has 1 atom stereocenters. The molecule has 0 aliphatic carbocycles. The van der Waals surface area contributed by atoms with E-state index < -0.39 is 10.0 Å². The second kappa shape index (κ2) is 5.06. The van der Waals surface area contributed by atoms with Crippen molar-refractivity contribution in [1.82, 2.24) is 9.62 Å². The van der Waals surface area contributed by atoms with Crippen LogP contribution in [0.15, 0.2) is 0 Å². The van der Waals surface area contributed by atoms with Crippen molar-refractivity contribution in [2.24, 2.45) is 5.73 Å². The number of nitrogens with two attached hydrogens (primary N) is 1. The number of nitrogens with zero attached hydrogens (tertiary/aromatic N) is 1. The second-order valence-corrected chi connectivity index (χ2v) is 5.74. The highest BCUT2D eigenvalue weighted by Gasteiger charge is 2.18. The van der Waals surface area contributed by atoms with Crippen LogP contribution in [-0.4, -0.2) is 51.3 Å². The number of rotatable bonds is 5. The molecule has 1 aliphatic rings. The van der Waals surface area contributed by atoms with Gasteiger partial charge in [-0.1, -0.05) is 0 Å². The molecule has 0 aromatic heterocycles. The van der Waals surface area contributed by atoms with Crippen LogP contribution in [0.3, 0.4) is 0 Å². The number of hydrogen-bond donors (Lipinski definition) is 2. The Morgan fingerprint density at radius 2 is 2.29 bits per heavy atom. The summed E-state index contributed by atoms with van der Waals surface area (Å²) in [5.41, 5.74) is 5.73. The Hall–Kier alpha value is -0.170. The van der Waals surface area contributed by atoms with Crippen molar-refractivity contribution in [1.29, 1.82) is 0 Å². The molecule has 0 spiro atoms. The first-order valence-electron chi connectivity index (χ1n) is 4.99. The molecule has 1 heterocycles. The summed E-state index contributed by atoms with van der Waals surface area (Å²) in [5, 5.41) is 0. The van der Waals surface area contributed by atoms with Gasteiger partial charge in [-0.05, 0) is 19.9 Å². The van der Waals surface area contributed by atoms with E-state index in [0.29, 0.717) is 6.54 Å². The number of hydrogen-bond acceptors (Lipinski definition) is 4. The summed E-state index contributed by atoms with van der Waals surface area (Å²) in [6, 6.07) is 0.262. The van der Waals surface area contributed by atoms with E-state index in [1.807, 2.05) is 0 Å². The first-order valence-corrected chi connectivity index (χ1v) is 6.64. The maximum Gasteiger partial charge on any atom is 0.211 e. The third-order valence-electron chi connectivity index (χ3n) is 2.44. The zero-order valence-electron chi connectivity index (χ0n) is 8.57. The summed E-state index contributed by atoms with van der Waals surface area (Å²) in [5.74, 6) is 0.145. The first-order chi connectivity index (χ1) is 6.53. The van der Waals surface area contributed by atoms with Gasteiger partial charge in [0.05, 0.1) is 5.75 Å². The normalized spacial score (nSPS) is 24.3. The SMILES string of the molecule is CCS(=O)(=O)NCCN1CC[C@H](N)C1. The topological polar surface area (TPSA) is 75.4 Å². The largest absolute Gasteiger partial charge is 0.326 e. The van der Waals surface area contributed by atoms with Crippen LogP contribution in [-0.2, 0) is 10.0 Å². The summed E-state index contributed by atoms with van der Waals surface area (Å²) < 4.78 is 24.7. The fourth-order valence-electron chi connectivity index (χ4n) is 1.53. The number of nitrogens with one attached hydrogen (secondary N) is 1. The van der Waals surface area contributed by atoms with Gasteiger partial charge in [0.2, 0.25) is 10.0 Å². The molecule has 84 valence electrons. The highest BCUT2D eigenvalue weighted by molar-refractivity contribution is 7.89. The van der Waals surface area contributed by atoms with E-state index in [9.17, 15) is 8.42 Å². The minimum Gasteiger partial charge on any atom is -0.326 e. The molecule has 1 saturated heterocycles. The van der Waals surface area contributed by atoms with Gasteiger partial charge in [-0.25, -0.2) is 13.1 Å². The van der Waals surface area contributed by atoms with E-state index in [-0.39, 0.29) is 11.8 Å². The predicted octanol–water partition coefficient (Wildman–Crippen LogP) is -1.04. The van der Waals surface area contributed by atoms with Crippen LogP contribution in [0.2, 0.25) is 0 Å². The lowest BCUT2D eigenvalue weighted by molar-refractivity contribution is 0.339. The molecule has 14 heavy (non-hydrogen) atoms. The van der Waals surface area contributed by atoms with Crippen LogP contribution in [0, 0.1) is 0 Å². The smallest absolute Gasteiger partial charge is 0.211 e. The third-order valence-corrected chi connectivity index (χ3v) is 3.84. The van der Waals surface area contributed by atoms with E-state index in [4.69, 9.17) is 5.73 Å². The molecule has 3 N–H and O–H groups in total. The van der Waals surface area contributed by atoms with E-state index >= 15 is 0 Å². The summed E-state index contributed by atoms with van der Waals surface area (Å²) in [7, 11) is -3.03. The lowest BCUT2D eigenvalue weighted by atomic mass is 10.3. The molecule has 5 nitrogen and oxygen atoms in total. The molecule has 0 unspecified atom stereocenters. The van der Waals surface area contributed by atoms with E-state index in [2.05, 4.69) is 9.62 Å². The van der Waals surface area contributed by atoms with E-state index in [1.54, 1.807) is 6.92 Å². The van der Waals surface area contributed by atoms with Crippen LogP contribution in [0.25, 0.3) is 0 Å². The van der Waals surface area contributed by atoms with Crippen molar-refractivity contribution in [2.75, 3.05) is 31.9 Å². The summed E-state index contributed by atoms with van der Waals surface area (Å²) in [4.78, 5) is 2.18. The Labute approximate surface area is 85.7 Å². The Morgan fingerprint density at radius 1 is 1.57 bits per heavy atom. The van der Waals surface area contributed by atoms with Crippen LogP contribution in [0.5, 0.6) is 0 Å². The molecule has 0 amide bonds. The monoisotopic (exact) mass is 221 g/mol. The highest BCUT2D eigenvalue weighted by Crippen LogP contribution is 2.05. The quantitative estimate of drug-likeness (QED) is 0.622. The van der Waals surface area contributed by atoms with Gasteiger partial charge in [0, 0.05) is 25.7 Å². The Balaban J connectivity index is 2.16. The van der Waals surface area contributed by atoms with Crippen LogP contribution >= 0.6 is 0 Å². The van der Waals surface area contributed by atoms with Crippen molar-refractivity contribution >= 4 is 10.0 Å². The van der Waals surface area contributed by atoms with Gasteiger partial charge in [0.15, 0.2) is 0 Å². The zero-order chi connectivity index (χ0) is 10.6. The van der Waals surface area contributed by atoms with E-state index in [0.717, 1.165) is 26.1 Å². The molecule has 0 aromatic rings. The minimum atomic E-state index is -3.03. The highest BCUT2D eigenvalue weighted by atomic mass is 32.2. The van der Waals surface area contributed by atoms with Crippen LogP contribution in [0.1, 0.15) is 13.3 Å². The fraction of sp³-hybridized carbons (Fsp3) is 1.00. The summed E-state index contributed by atoms with van der Waals surface area (Å²) in [6.45, 7) is 4.74. The van der Waals surface area contributed by atoms with Crippen molar-refractivity contribution < 1.29 is 8.42 Å². The van der Waals surface area contributed by atoms with Gasteiger partial charge >= 0.3 is 0 Å². The van der Waals surface area contributed by atoms with Crippen LogP contribution in [0.4, 0.5) is 0 Å².